The summed E-state index contributed by atoms with van der Waals surface area (Å²) in [6, 6.07) is 15.2. The first kappa shape index (κ1) is 24.7. The lowest BCUT2D eigenvalue weighted by atomic mass is 9.95. The van der Waals surface area contributed by atoms with E-state index in [-0.39, 0.29) is 25.0 Å². The molecule has 0 aromatic heterocycles. The topological polar surface area (TPSA) is 105 Å². The van der Waals surface area contributed by atoms with Gasteiger partial charge in [0.15, 0.2) is 5.54 Å². The molecular weight excluding hydrogens is 448 g/mol. The van der Waals surface area contributed by atoms with Crippen molar-refractivity contribution in [2.75, 3.05) is 26.9 Å². The second kappa shape index (κ2) is 10.1. The summed E-state index contributed by atoms with van der Waals surface area (Å²) in [5, 5.41) is 12.6. The standard InChI is InChI=1S/C27H32N2O6/c1-17(2)23(24(30)29-14-8-13-27(29,16-34-3)25(31)32)28-26(33)35-15-22-20-11-6-4-9-18(20)19-10-5-7-12-21(19)22/h4-7,9-12,17,22-23H,8,13-16H2,1-3H3,(H,28,33)(H,31,32)/t23-,27?/m0/s1. The quantitative estimate of drug-likeness (QED) is 0.598. The molecule has 0 bridgehead atoms. The van der Waals surface area contributed by atoms with Crippen molar-refractivity contribution in [2.45, 2.75) is 44.2 Å². The Kier molecular flexibility index (Phi) is 7.12. The Bertz CT molecular complexity index is 1070. The van der Waals surface area contributed by atoms with Crippen LogP contribution in [0.2, 0.25) is 0 Å². The lowest BCUT2D eigenvalue weighted by molar-refractivity contribution is -0.161. The maximum absolute atomic E-state index is 13.4. The van der Waals surface area contributed by atoms with E-state index in [0.29, 0.717) is 19.4 Å². The van der Waals surface area contributed by atoms with Crippen LogP contribution in [0.15, 0.2) is 48.5 Å². The molecular formula is C27H32N2O6. The van der Waals surface area contributed by atoms with Crippen molar-refractivity contribution in [3.05, 3.63) is 59.7 Å². The molecule has 2 aromatic carbocycles. The van der Waals surface area contributed by atoms with Gasteiger partial charge in [-0.15, -0.1) is 0 Å². The predicted octanol–water partition coefficient (Wildman–Crippen LogP) is 3.64. The van der Waals surface area contributed by atoms with Crippen molar-refractivity contribution in [1.29, 1.82) is 0 Å². The molecule has 2 N–H and O–H groups in total. The molecule has 0 radical (unpaired) electrons. The second-order valence-corrected chi connectivity index (χ2v) is 9.55. The zero-order chi connectivity index (χ0) is 25.2. The predicted molar refractivity (Wildman–Crippen MR) is 130 cm³/mol. The van der Waals surface area contributed by atoms with Crippen molar-refractivity contribution < 1.29 is 29.0 Å². The van der Waals surface area contributed by atoms with E-state index < -0.39 is 29.6 Å². The number of benzene rings is 2. The maximum atomic E-state index is 13.4. The fourth-order valence-electron chi connectivity index (χ4n) is 5.32. The van der Waals surface area contributed by atoms with Crippen molar-refractivity contribution in [2.24, 2.45) is 5.92 Å². The summed E-state index contributed by atoms with van der Waals surface area (Å²) in [5.41, 5.74) is 3.03. The highest BCUT2D eigenvalue weighted by Gasteiger charge is 2.51. The number of methoxy groups -OCH3 is 1. The molecule has 1 unspecified atom stereocenters. The van der Waals surface area contributed by atoms with Crippen LogP contribution in [-0.4, -0.2) is 66.4 Å². The van der Waals surface area contributed by atoms with Gasteiger partial charge in [-0.1, -0.05) is 62.4 Å². The Labute approximate surface area is 205 Å². The highest BCUT2D eigenvalue weighted by atomic mass is 16.5. The molecule has 186 valence electrons. The van der Waals surface area contributed by atoms with Gasteiger partial charge in [0.25, 0.3) is 0 Å². The van der Waals surface area contributed by atoms with E-state index in [4.69, 9.17) is 9.47 Å². The minimum atomic E-state index is -1.43. The number of hydrogen-bond donors (Lipinski definition) is 2. The Morgan fingerprint density at radius 3 is 2.23 bits per heavy atom. The lowest BCUT2D eigenvalue weighted by Crippen LogP contribution is -2.61. The van der Waals surface area contributed by atoms with Gasteiger partial charge in [-0.3, -0.25) is 4.79 Å². The first-order valence-corrected chi connectivity index (χ1v) is 12.0. The third-order valence-corrected chi connectivity index (χ3v) is 7.09. The van der Waals surface area contributed by atoms with Crippen LogP contribution in [-0.2, 0) is 19.1 Å². The summed E-state index contributed by atoms with van der Waals surface area (Å²) in [5.74, 6) is -1.90. The van der Waals surface area contributed by atoms with Crippen LogP contribution in [0, 0.1) is 5.92 Å². The number of carboxylic acid groups (broad SMARTS) is 1. The van der Waals surface area contributed by atoms with Crippen molar-refractivity contribution in [1.82, 2.24) is 10.2 Å². The molecule has 2 aromatic rings. The number of aliphatic carboxylic acids is 1. The van der Waals surface area contributed by atoms with Crippen LogP contribution in [0.5, 0.6) is 0 Å². The second-order valence-electron chi connectivity index (χ2n) is 9.55. The molecule has 1 aliphatic heterocycles. The number of nitrogens with zero attached hydrogens (tertiary/aromatic N) is 1. The number of carboxylic acids is 1. The van der Waals surface area contributed by atoms with E-state index >= 15 is 0 Å². The number of alkyl carbamates (subject to hydrolysis) is 1. The monoisotopic (exact) mass is 480 g/mol. The van der Waals surface area contributed by atoms with Crippen molar-refractivity contribution in [3.63, 3.8) is 0 Å². The van der Waals surface area contributed by atoms with E-state index in [0.717, 1.165) is 22.3 Å². The number of ether oxygens (including phenoxy) is 2. The van der Waals surface area contributed by atoms with Crippen molar-refractivity contribution in [3.8, 4) is 11.1 Å². The van der Waals surface area contributed by atoms with Gasteiger partial charge < -0.3 is 24.8 Å². The highest BCUT2D eigenvalue weighted by Crippen LogP contribution is 2.44. The molecule has 2 amide bonds. The highest BCUT2D eigenvalue weighted by molar-refractivity contribution is 5.92. The number of carbonyl (C=O) groups is 3. The normalized spacial score (nSPS) is 19.8. The molecule has 1 heterocycles. The number of fused-ring (bicyclic) bond motifs is 3. The van der Waals surface area contributed by atoms with Gasteiger partial charge in [-0.05, 0) is 41.0 Å². The molecule has 0 saturated carbocycles. The largest absolute Gasteiger partial charge is 0.479 e. The molecule has 8 nitrogen and oxygen atoms in total. The van der Waals surface area contributed by atoms with E-state index in [1.807, 2.05) is 36.4 Å². The molecule has 2 aliphatic rings. The number of likely N-dealkylation sites (tertiary alicyclic amines) is 1. The maximum Gasteiger partial charge on any atom is 0.407 e. The van der Waals surface area contributed by atoms with Gasteiger partial charge >= 0.3 is 12.1 Å². The van der Waals surface area contributed by atoms with Crippen molar-refractivity contribution >= 4 is 18.0 Å². The molecule has 35 heavy (non-hydrogen) atoms. The van der Waals surface area contributed by atoms with Crippen LogP contribution >= 0.6 is 0 Å². The summed E-state index contributed by atoms with van der Waals surface area (Å²) in [7, 11) is 1.42. The molecule has 0 spiro atoms. The van der Waals surface area contributed by atoms with E-state index in [1.165, 1.54) is 12.0 Å². The lowest BCUT2D eigenvalue weighted by Gasteiger charge is -2.37. The Hall–Kier alpha value is -3.39. The first-order valence-electron chi connectivity index (χ1n) is 12.0. The van der Waals surface area contributed by atoms with Gasteiger partial charge in [0, 0.05) is 19.6 Å². The number of amides is 2. The minimum Gasteiger partial charge on any atom is -0.479 e. The minimum absolute atomic E-state index is 0.0960. The van der Waals surface area contributed by atoms with Gasteiger partial charge in [-0.2, -0.15) is 0 Å². The van der Waals surface area contributed by atoms with Crippen LogP contribution in [0.1, 0.15) is 43.7 Å². The number of rotatable bonds is 8. The summed E-state index contributed by atoms with van der Waals surface area (Å²) >= 11 is 0. The fraction of sp³-hybridized carbons (Fsp3) is 0.444. The van der Waals surface area contributed by atoms with E-state index in [1.54, 1.807) is 13.8 Å². The molecule has 4 rings (SSSR count). The van der Waals surface area contributed by atoms with Crippen LogP contribution < -0.4 is 5.32 Å². The van der Waals surface area contributed by atoms with Crippen LogP contribution in [0.25, 0.3) is 11.1 Å². The zero-order valence-corrected chi connectivity index (χ0v) is 20.3. The van der Waals surface area contributed by atoms with Gasteiger partial charge in [0.1, 0.15) is 12.6 Å². The molecule has 1 saturated heterocycles. The average molecular weight is 481 g/mol. The third kappa shape index (κ3) is 4.50. The Morgan fingerprint density at radius 1 is 1.09 bits per heavy atom. The molecule has 1 fully saturated rings. The molecule has 1 aliphatic carbocycles. The van der Waals surface area contributed by atoms with Gasteiger partial charge in [0.2, 0.25) is 5.91 Å². The number of hydrogen-bond acceptors (Lipinski definition) is 5. The van der Waals surface area contributed by atoms with Crippen LogP contribution in [0.4, 0.5) is 4.79 Å². The third-order valence-electron chi connectivity index (χ3n) is 7.09. The zero-order valence-electron chi connectivity index (χ0n) is 20.3. The summed E-state index contributed by atoms with van der Waals surface area (Å²) in [6.45, 7) is 3.93. The average Bonchev–Trinajstić information content (AvgIpc) is 3.41. The summed E-state index contributed by atoms with van der Waals surface area (Å²) in [6.07, 6.45) is 0.153. The Balaban J connectivity index is 1.47. The van der Waals surface area contributed by atoms with Crippen LogP contribution in [0.3, 0.4) is 0 Å². The number of carbonyl (C=O) groups excluding carboxylic acids is 2. The molecule has 2 atom stereocenters. The smallest absolute Gasteiger partial charge is 0.407 e. The summed E-state index contributed by atoms with van der Waals surface area (Å²) in [4.78, 5) is 39.7. The number of nitrogens with one attached hydrogen (secondary N) is 1. The van der Waals surface area contributed by atoms with E-state index in [2.05, 4.69) is 17.4 Å². The molecule has 8 heteroatoms. The summed E-state index contributed by atoms with van der Waals surface area (Å²) < 4.78 is 10.8. The fourth-order valence-corrected chi connectivity index (χ4v) is 5.32. The van der Waals surface area contributed by atoms with Gasteiger partial charge in [-0.25, -0.2) is 9.59 Å². The van der Waals surface area contributed by atoms with E-state index in [9.17, 15) is 19.5 Å². The Morgan fingerprint density at radius 2 is 1.69 bits per heavy atom. The first-order chi connectivity index (χ1) is 16.8. The van der Waals surface area contributed by atoms with Gasteiger partial charge in [0.05, 0.1) is 6.61 Å². The SMILES string of the molecule is COCC1(C(=O)O)CCCN1C(=O)[C@@H](NC(=O)OCC1c2ccccc2-c2ccccc21)C(C)C.